The van der Waals surface area contributed by atoms with Gasteiger partial charge in [0.1, 0.15) is 0 Å². The van der Waals surface area contributed by atoms with Crippen LogP contribution in [0, 0.1) is 6.92 Å². The average Bonchev–Trinajstić information content (AvgIpc) is 3.25. The molecule has 2 fully saturated rings. The number of hydrogen-bond donors (Lipinski definition) is 1. The van der Waals surface area contributed by atoms with Crippen molar-refractivity contribution in [2.75, 3.05) is 26.7 Å². The van der Waals surface area contributed by atoms with E-state index < -0.39 is 0 Å². The van der Waals surface area contributed by atoms with Gasteiger partial charge in [0.15, 0.2) is 5.82 Å². The van der Waals surface area contributed by atoms with Crippen LogP contribution in [0.25, 0.3) is 22.6 Å². The molecule has 0 aromatic carbocycles. The third-order valence-corrected chi connectivity index (χ3v) is 5.11. The first-order valence-corrected chi connectivity index (χ1v) is 8.72. The lowest BCUT2D eigenvalue weighted by molar-refractivity contribution is 0.190. The molecule has 130 valence electrons. The third kappa shape index (κ3) is 2.52. The third-order valence-electron chi connectivity index (χ3n) is 5.11. The average molecular weight is 340 g/mol. The quantitative estimate of drug-likeness (QED) is 0.774. The molecular weight excluding hydrogens is 320 g/mol. The number of nitrogens with one attached hydrogen (secondary N) is 1. The minimum atomic E-state index is 0.120. The number of likely N-dealkylation sites (N-methyl/N-ethyl adjacent to an activating group) is 1. The fraction of sp³-hybridized carbons (Fsp3) is 0.529. The second-order valence-corrected chi connectivity index (χ2v) is 6.98. The van der Waals surface area contributed by atoms with Gasteiger partial charge in [0.2, 0.25) is 0 Å². The Morgan fingerprint density at radius 2 is 2.08 bits per heavy atom. The molecule has 1 N–H and O–H groups in total. The number of aryl methyl sites for hydroxylation is 1. The van der Waals surface area contributed by atoms with Gasteiger partial charge in [-0.1, -0.05) is 10.3 Å². The molecule has 1 saturated heterocycles. The van der Waals surface area contributed by atoms with E-state index in [1.165, 1.54) is 12.8 Å². The molecule has 1 saturated carbocycles. The van der Waals surface area contributed by atoms with Gasteiger partial charge >= 0.3 is 0 Å². The summed E-state index contributed by atoms with van der Waals surface area (Å²) in [7, 11) is 2.08. The lowest BCUT2D eigenvalue weighted by atomic mass is 10.1. The number of rotatable bonds is 3. The van der Waals surface area contributed by atoms with Crippen LogP contribution in [0.3, 0.4) is 0 Å². The summed E-state index contributed by atoms with van der Waals surface area (Å²) in [6, 6.07) is 2.18. The van der Waals surface area contributed by atoms with Crippen LogP contribution < -0.4 is 5.32 Å². The summed E-state index contributed by atoms with van der Waals surface area (Å²) in [5.74, 6) is 1.72. The van der Waals surface area contributed by atoms with E-state index >= 15 is 0 Å². The van der Waals surface area contributed by atoms with Gasteiger partial charge in [0, 0.05) is 31.2 Å². The van der Waals surface area contributed by atoms with Crippen molar-refractivity contribution in [2.24, 2.45) is 0 Å². The summed E-state index contributed by atoms with van der Waals surface area (Å²) in [4.78, 5) is 11.5. The fourth-order valence-corrected chi connectivity index (χ4v) is 3.44. The van der Waals surface area contributed by atoms with Crippen molar-refractivity contribution in [2.45, 2.75) is 31.7 Å². The van der Waals surface area contributed by atoms with Gasteiger partial charge in [-0.15, -0.1) is 0 Å². The van der Waals surface area contributed by atoms with Crippen molar-refractivity contribution in [1.29, 1.82) is 0 Å². The number of aromatic nitrogens is 4. The molecule has 8 heteroatoms. The molecule has 0 amide bonds. The maximum absolute atomic E-state index is 5.63. The summed E-state index contributed by atoms with van der Waals surface area (Å²) in [5.41, 5.74) is 3.23. The van der Waals surface area contributed by atoms with E-state index in [2.05, 4.69) is 43.6 Å². The number of nitrogens with zero attached hydrogens (tertiary/aromatic N) is 5. The number of fused-ring (bicyclic) bond motifs is 1. The minimum absolute atomic E-state index is 0.120. The SMILES string of the molecule is Cc1noc2nc(C3CC3)cc(-c3nc(C4CNCCN4C)no3)c12. The Balaban J connectivity index is 1.60. The summed E-state index contributed by atoms with van der Waals surface area (Å²) < 4.78 is 11.0. The molecule has 4 heterocycles. The number of pyridine rings is 1. The highest BCUT2D eigenvalue weighted by Gasteiger charge is 2.30. The first kappa shape index (κ1) is 15.0. The van der Waals surface area contributed by atoms with Gasteiger partial charge in [0.25, 0.3) is 11.6 Å². The molecule has 3 aromatic heterocycles. The van der Waals surface area contributed by atoms with E-state index in [1.54, 1.807) is 0 Å². The summed E-state index contributed by atoms with van der Waals surface area (Å²) in [6.07, 6.45) is 2.33. The second-order valence-electron chi connectivity index (χ2n) is 6.98. The molecule has 0 spiro atoms. The first-order valence-electron chi connectivity index (χ1n) is 8.72. The van der Waals surface area contributed by atoms with Crippen molar-refractivity contribution in [3.63, 3.8) is 0 Å². The molecule has 0 bridgehead atoms. The van der Waals surface area contributed by atoms with Crippen LogP contribution in [0.1, 0.15) is 42.0 Å². The van der Waals surface area contributed by atoms with E-state index in [0.29, 0.717) is 23.3 Å². The van der Waals surface area contributed by atoms with E-state index in [-0.39, 0.29) is 6.04 Å². The lowest BCUT2D eigenvalue weighted by Crippen LogP contribution is -2.44. The Labute approximate surface area is 144 Å². The Hall–Kier alpha value is -2.32. The molecule has 2 aliphatic rings. The summed E-state index contributed by atoms with van der Waals surface area (Å²) >= 11 is 0. The standard InChI is InChI=1S/C17H20N6O2/c1-9-14-11(7-12(10-3-4-10)19-17(14)25-21-9)16-20-15(22-24-16)13-8-18-5-6-23(13)2/h7,10,13,18H,3-6,8H2,1-2H3. The van der Waals surface area contributed by atoms with Gasteiger partial charge < -0.3 is 14.4 Å². The largest absolute Gasteiger partial charge is 0.336 e. The van der Waals surface area contributed by atoms with Crippen molar-refractivity contribution in [1.82, 2.24) is 30.5 Å². The van der Waals surface area contributed by atoms with Crippen molar-refractivity contribution >= 4 is 11.1 Å². The van der Waals surface area contributed by atoms with Crippen LogP contribution >= 0.6 is 0 Å². The molecule has 1 atom stereocenters. The van der Waals surface area contributed by atoms with Crippen LogP contribution in [0.5, 0.6) is 0 Å². The molecule has 5 rings (SSSR count). The van der Waals surface area contributed by atoms with Crippen LogP contribution in [0.15, 0.2) is 15.1 Å². The first-order chi connectivity index (χ1) is 12.2. The Morgan fingerprint density at radius 3 is 2.88 bits per heavy atom. The van der Waals surface area contributed by atoms with E-state index in [1.807, 2.05) is 6.92 Å². The van der Waals surface area contributed by atoms with Crippen LogP contribution in [0.2, 0.25) is 0 Å². The fourth-order valence-electron chi connectivity index (χ4n) is 3.44. The van der Waals surface area contributed by atoms with Gasteiger partial charge in [-0.2, -0.15) is 4.98 Å². The molecule has 8 nitrogen and oxygen atoms in total. The molecule has 1 unspecified atom stereocenters. The normalized spacial score (nSPS) is 21.9. The molecule has 1 aliphatic carbocycles. The van der Waals surface area contributed by atoms with Crippen molar-refractivity contribution < 1.29 is 9.05 Å². The van der Waals surface area contributed by atoms with Crippen LogP contribution in [-0.2, 0) is 0 Å². The zero-order chi connectivity index (χ0) is 17.0. The highest BCUT2D eigenvalue weighted by atomic mass is 16.5. The van der Waals surface area contributed by atoms with Gasteiger partial charge in [-0.25, -0.2) is 4.98 Å². The highest BCUT2D eigenvalue weighted by Crippen LogP contribution is 2.42. The van der Waals surface area contributed by atoms with Crippen LogP contribution in [-0.4, -0.2) is 51.9 Å². The Kier molecular flexibility index (Phi) is 3.36. The number of piperazine rings is 1. The summed E-state index contributed by atoms with van der Waals surface area (Å²) in [6.45, 7) is 4.67. The monoisotopic (exact) mass is 340 g/mol. The molecule has 1 aliphatic heterocycles. The van der Waals surface area contributed by atoms with Gasteiger partial charge in [-0.3, -0.25) is 4.90 Å². The predicted octanol–water partition coefficient (Wildman–Crippen LogP) is 2.03. The smallest absolute Gasteiger partial charge is 0.259 e. The maximum atomic E-state index is 5.63. The zero-order valence-corrected chi connectivity index (χ0v) is 14.3. The van der Waals surface area contributed by atoms with Gasteiger partial charge in [-0.05, 0) is 32.9 Å². The lowest BCUT2D eigenvalue weighted by Gasteiger charge is -2.30. The van der Waals surface area contributed by atoms with Crippen molar-refractivity contribution in [3.05, 3.63) is 23.3 Å². The molecular formula is C17H20N6O2. The zero-order valence-electron chi connectivity index (χ0n) is 14.3. The van der Waals surface area contributed by atoms with Crippen LogP contribution in [0.4, 0.5) is 0 Å². The number of hydrogen-bond acceptors (Lipinski definition) is 8. The second kappa shape index (κ2) is 5.60. The highest BCUT2D eigenvalue weighted by molar-refractivity contribution is 5.91. The predicted molar refractivity (Wildman–Crippen MR) is 90.0 cm³/mol. The maximum Gasteiger partial charge on any atom is 0.259 e. The minimum Gasteiger partial charge on any atom is -0.336 e. The Morgan fingerprint density at radius 1 is 1.20 bits per heavy atom. The molecule has 25 heavy (non-hydrogen) atoms. The topological polar surface area (TPSA) is 93.1 Å². The van der Waals surface area contributed by atoms with E-state index in [9.17, 15) is 0 Å². The van der Waals surface area contributed by atoms with E-state index in [0.717, 1.165) is 42.0 Å². The Bertz CT molecular complexity index is 929. The molecule has 0 radical (unpaired) electrons. The van der Waals surface area contributed by atoms with Gasteiger partial charge in [0.05, 0.1) is 22.7 Å². The van der Waals surface area contributed by atoms with E-state index in [4.69, 9.17) is 9.05 Å². The van der Waals surface area contributed by atoms with Crippen molar-refractivity contribution in [3.8, 4) is 11.5 Å². The summed E-state index contributed by atoms with van der Waals surface area (Å²) in [5, 5.41) is 12.5. The molecule has 3 aromatic rings.